The maximum Gasteiger partial charge on any atom is 0.285 e. The number of benzene rings is 2. The summed E-state index contributed by atoms with van der Waals surface area (Å²) in [5, 5.41) is 5.51. The summed E-state index contributed by atoms with van der Waals surface area (Å²) < 4.78 is 2.66. The molecule has 8 heteroatoms. The van der Waals surface area contributed by atoms with E-state index in [1.165, 1.54) is 0 Å². The first-order chi connectivity index (χ1) is 12.0. The van der Waals surface area contributed by atoms with Gasteiger partial charge in [0.25, 0.3) is 5.91 Å². The molecule has 1 amide bonds. The topological polar surface area (TPSA) is 72.9 Å². The zero-order valence-corrected chi connectivity index (χ0v) is 15.9. The third kappa shape index (κ3) is 4.04. The first kappa shape index (κ1) is 17.9. The monoisotopic (exact) mass is 438 g/mol. The molecule has 128 valence electrons. The average Bonchev–Trinajstić information content (AvgIpc) is 3.02. The van der Waals surface area contributed by atoms with E-state index < -0.39 is 5.91 Å². The van der Waals surface area contributed by atoms with Crippen molar-refractivity contribution in [3.05, 3.63) is 74.3 Å². The number of nitrogens with zero attached hydrogens (tertiary/aromatic N) is 2. The van der Waals surface area contributed by atoms with E-state index in [-0.39, 0.29) is 5.69 Å². The van der Waals surface area contributed by atoms with Gasteiger partial charge in [0, 0.05) is 14.5 Å². The van der Waals surface area contributed by atoms with Gasteiger partial charge in [-0.3, -0.25) is 14.9 Å². The van der Waals surface area contributed by atoms with Gasteiger partial charge in [0.15, 0.2) is 5.69 Å². The third-order valence-corrected chi connectivity index (χ3v) is 4.74. The molecular formula is C17H13BrCl2N4O. The first-order valence-electron chi connectivity index (χ1n) is 7.26. The smallest absolute Gasteiger partial charge is 0.285 e. The van der Waals surface area contributed by atoms with Gasteiger partial charge >= 0.3 is 0 Å². The van der Waals surface area contributed by atoms with Crippen molar-refractivity contribution in [2.45, 2.75) is 6.54 Å². The molecule has 3 N–H and O–H groups in total. The van der Waals surface area contributed by atoms with Crippen molar-refractivity contribution in [2.24, 2.45) is 5.84 Å². The van der Waals surface area contributed by atoms with Gasteiger partial charge in [0.1, 0.15) is 0 Å². The number of carbonyl (C=O) groups excluding carboxylic acids is 1. The molecule has 2 aromatic carbocycles. The van der Waals surface area contributed by atoms with E-state index in [2.05, 4.69) is 26.5 Å². The molecule has 0 saturated carbocycles. The fraction of sp³-hybridized carbons (Fsp3) is 0.0588. The van der Waals surface area contributed by atoms with Crippen LogP contribution in [0.4, 0.5) is 0 Å². The van der Waals surface area contributed by atoms with Gasteiger partial charge in [0.2, 0.25) is 0 Å². The molecule has 1 aromatic heterocycles. The Morgan fingerprint density at radius 1 is 1.16 bits per heavy atom. The molecule has 0 unspecified atom stereocenters. The second-order valence-corrected chi connectivity index (χ2v) is 7.05. The number of hydrazine groups is 1. The zero-order chi connectivity index (χ0) is 18.0. The standard InChI is InChI=1S/C17H13BrCl2N4O/c18-12-3-1-10(2-4-12)16-8-15(17(25)22-21)23-24(16)9-11-7-13(19)5-6-14(11)20/h1-8H,9,21H2,(H,22,25). The summed E-state index contributed by atoms with van der Waals surface area (Å²) >= 11 is 15.7. The molecule has 0 radical (unpaired) electrons. The normalized spacial score (nSPS) is 10.7. The van der Waals surface area contributed by atoms with Crippen molar-refractivity contribution in [1.29, 1.82) is 0 Å². The lowest BCUT2D eigenvalue weighted by Crippen LogP contribution is -2.30. The maximum absolute atomic E-state index is 11.9. The molecule has 0 aliphatic carbocycles. The largest absolute Gasteiger partial charge is 0.289 e. The number of aromatic nitrogens is 2. The van der Waals surface area contributed by atoms with Crippen molar-refractivity contribution >= 4 is 45.0 Å². The van der Waals surface area contributed by atoms with Gasteiger partial charge in [-0.15, -0.1) is 0 Å². The lowest BCUT2D eigenvalue weighted by Gasteiger charge is -2.10. The van der Waals surface area contributed by atoms with Gasteiger partial charge in [-0.25, -0.2) is 5.84 Å². The highest BCUT2D eigenvalue weighted by atomic mass is 79.9. The molecule has 0 aliphatic heterocycles. The van der Waals surface area contributed by atoms with Crippen molar-refractivity contribution < 1.29 is 4.79 Å². The number of amides is 1. The molecule has 25 heavy (non-hydrogen) atoms. The number of nitrogens with two attached hydrogens (primary N) is 1. The number of nitrogen functional groups attached to an aromatic ring is 1. The molecular weight excluding hydrogens is 427 g/mol. The van der Waals surface area contributed by atoms with E-state index in [9.17, 15) is 4.79 Å². The van der Waals surface area contributed by atoms with Crippen LogP contribution in [-0.2, 0) is 6.54 Å². The predicted molar refractivity (Wildman–Crippen MR) is 103 cm³/mol. The number of carbonyl (C=O) groups is 1. The minimum atomic E-state index is -0.464. The lowest BCUT2D eigenvalue weighted by molar-refractivity contribution is 0.0948. The molecule has 0 bridgehead atoms. The third-order valence-electron chi connectivity index (χ3n) is 3.61. The van der Waals surface area contributed by atoms with Crippen LogP contribution < -0.4 is 11.3 Å². The van der Waals surface area contributed by atoms with Crippen molar-refractivity contribution in [3.8, 4) is 11.3 Å². The highest BCUT2D eigenvalue weighted by Crippen LogP contribution is 2.26. The summed E-state index contributed by atoms with van der Waals surface area (Å²) in [4.78, 5) is 11.9. The fourth-order valence-electron chi connectivity index (χ4n) is 2.40. The Morgan fingerprint density at radius 3 is 2.56 bits per heavy atom. The molecule has 0 aliphatic rings. The summed E-state index contributed by atoms with van der Waals surface area (Å²) in [5.41, 5.74) is 4.79. The Bertz CT molecular complexity index is 925. The van der Waals surface area contributed by atoms with Crippen LogP contribution in [0.2, 0.25) is 10.0 Å². The van der Waals surface area contributed by atoms with Crippen molar-refractivity contribution in [3.63, 3.8) is 0 Å². The molecule has 0 fully saturated rings. The van der Waals surface area contributed by atoms with Crippen LogP contribution in [0.25, 0.3) is 11.3 Å². The van der Waals surface area contributed by atoms with Gasteiger partial charge in [-0.05, 0) is 47.5 Å². The quantitative estimate of drug-likeness (QED) is 0.362. The molecule has 0 saturated heterocycles. The van der Waals surface area contributed by atoms with Crippen molar-refractivity contribution in [2.75, 3.05) is 0 Å². The first-order valence-corrected chi connectivity index (χ1v) is 8.81. The molecule has 3 rings (SSSR count). The maximum atomic E-state index is 11.9. The van der Waals surface area contributed by atoms with Gasteiger partial charge in [-0.1, -0.05) is 51.3 Å². The van der Waals surface area contributed by atoms with Gasteiger partial charge in [0.05, 0.1) is 12.2 Å². The van der Waals surface area contributed by atoms with Crippen LogP contribution in [-0.4, -0.2) is 15.7 Å². The van der Waals surface area contributed by atoms with E-state index >= 15 is 0 Å². The minimum absolute atomic E-state index is 0.221. The predicted octanol–water partition coefficient (Wildman–Crippen LogP) is 4.27. The lowest BCUT2D eigenvalue weighted by atomic mass is 10.1. The van der Waals surface area contributed by atoms with E-state index in [0.717, 1.165) is 21.3 Å². The number of hydrogen-bond donors (Lipinski definition) is 2. The molecule has 5 nitrogen and oxygen atoms in total. The average molecular weight is 440 g/mol. The van der Waals surface area contributed by atoms with E-state index in [4.69, 9.17) is 29.0 Å². The van der Waals surface area contributed by atoms with Gasteiger partial charge < -0.3 is 0 Å². The highest BCUT2D eigenvalue weighted by Gasteiger charge is 2.16. The number of rotatable bonds is 4. The summed E-state index contributed by atoms with van der Waals surface area (Å²) in [5.74, 6) is 4.76. The Hall–Kier alpha value is -1.86. The second-order valence-electron chi connectivity index (χ2n) is 5.29. The summed E-state index contributed by atoms with van der Waals surface area (Å²) in [6.45, 7) is 0.364. The Balaban J connectivity index is 2.07. The van der Waals surface area contributed by atoms with Crippen LogP contribution in [0.1, 0.15) is 16.1 Å². The zero-order valence-electron chi connectivity index (χ0n) is 12.8. The number of nitrogens with one attached hydrogen (secondary N) is 1. The summed E-state index contributed by atoms with van der Waals surface area (Å²) in [6.07, 6.45) is 0. The Morgan fingerprint density at radius 2 is 1.88 bits per heavy atom. The number of hydrogen-bond acceptors (Lipinski definition) is 3. The SMILES string of the molecule is NNC(=O)c1cc(-c2ccc(Br)cc2)n(Cc2cc(Cl)ccc2Cl)n1. The highest BCUT2D eigenvalue weighted by molar-refractivity contribution is 9.10. The Labute approximate surface area is 162 Å². The molecule has 3 aromatic rings. The molecule has 1 heterocycles. The second kappa shape index (κ2) is 7.58. The minimum Gasteiger partial charge on any atom is -0.289 e. The van der Waals surface area contributed by atoms with Crippen LogP contribution in [0, 0.1) is 0 Å². The fourth-order valence-corrected chi connectivity index (χ4v) is 3.04. The van der Waals surface area contributed by atoms with E-state index in [1.807, 2.05) is 24.3 Å². The van der Waals surface area contributed by atoms with Crippen LogP contribution in [0.15, 0.2) is 53.0 Å². The number of halogens is 3. The van der Waals surface area contributed by atoms with Gasteiger partial charge in [-0.2, -0.15) is 5.10 Å². The van der Waals surface area contributed by atoms with Crippen LogP contribution >= 0.6 is 39.1 Å². The van der Waals surface area contributed by atoms with Crippen LogP contribution in [0.3, 0.4) is 0 Å². The van der Waals surface area contributed by atoms with Crippen molar-refractivity contribution in [1.82, 2.24) is 15.2 Å². The summed E-state index contributed by atoms with van der Waals surface area (Å²) in [7, 11) is 0. The van der Waals surface area contributed by atoms with Crippen LogP contribution in [0.5, 0.6) is 0 Å². The van der Waals surface area contributed by atoms with E-state index in [0.29, 0.717) is 16.6 Å². The molecule has 0 spiro atoms. The Kier molecular flexibility index (Phi) is 5.44. The van der Waals surface area contributed by atoms with E-state index in [1.54, 1.807) is 28.9 Å². The molecule has 0 atom stereocenters. The summed E-state index contributed by atoms with van der Waals surface area (Å²) in [6, 6.07) is 14.6.